The van der Waals surface area contributed by atoms with Crippen LogP contribution in [0.15, 0.2) is 30.6 Å². The number of anilines is 2. The monoisotopic (exact) mass is 459 g/mol. The number of hydrogen-bond donors (Lipinski definition) is 2. The van der Waals surface area contributed by atoms with E-state index in [1.54, 1.807) is 0 Å². The van der Waals surface area contributed by atoms with Gasteiger partial charge in [0.15, 0.2) is 17.0 Å². The average Bonchev–Trinajstić information content (AvgIpc) is 3.27. The van der Waals surface area contributed by atoms with E-state index in [9.17, 15) is 22.8 Å². The number of fused-ring (bicyclic) bond motifs is 3. The molecule has 1 fully saturated rings. The number of halogens is 3. The van der Waals surface area contributed by atoms with Crippen molar-refractivity contribution in [1.29, 1.82) is 0 Å². The van der Waals surface area contributed by atoms with Crippen molar-refractivity contribution in [3.05, 3.63) is 42.0 Å². The molecule has 33 heavy (non-hydrogen) atoms. The Morgan fingerprint density at radius 2 is 1.94 bits per heavy atom. The second kappa shape index (κ2) is 7.42. The Hall–Kier alpha value is -3.70. The summed E-state index contributed by atoms with van der Waals surface area (Å²) in [6.07, 6.45) is -2.07. The van der Waals surface area contributed by atoms with Gasteiger partial charge in [-0.1, -0.05) is 18.2 Å². The molecular formula is C21H20F3N7O2. The Bertz CT molecular complexity index is 1260. The first-order valence-corrected chi connectivity index (χ1v) is 10.4. The smallest absolute Gasteiger partial charge is 0.355 e. The van der Waals surface area contributed by atoms with Gasteiger partial charge in [-0.05, 0) is 24.5 Å². The number of carbonyl (C=O) groups excluding carboxylic acids is 2. The van der Waals surface area contributed by atoms with Crippen molar-refractivity contribution in [1.82, 2.24) is 24.8 Å². The summed E-state index contributed by atoms with van der Waals surface area (Å²) in [5, 5.41) is 4.80. The van der Waals surface area contributed by atoms with E-state index >= 15 is 0 Å². The maximum absolute atomic E-state index is 12.8. The number of hydrogen-bond acceptors (Lipinski definition) is 6. The molecule has 12 heteroatoms. The molecule has 4 heterocycles. The van der Waals surface area contributed by atoms with E-state index in [1.807, 2.05) is 34.5 Å². The third-order valence-electron chi connectivity index (χ3n) is 6.33. The zero-order valence-electron chi connectivity index (χ0n) is 17.6. The van der Waals surface area contributed by atoms with Gasteiger partial charge in [-0.2, -0.15) is 13.2 Å². The Balaban J connectivity index is 1.41. The number of aromatic nitrogens is 4. The third kappa shape index (κ3) is 3.45. The zero-order chi connectivity index (χ0) is 23.4. The number of para-hydroxylation sites is 1. The van der Waals surface area contributed by atoms with E-state index in [-0.39, 0.29) is 11.7 Å². The summed E-state index contributed by atoms with van der Waals surface area (Å²) in [5.74, 6) is -0.672. The fourth-order valence-corrected chi connectivity index (χ4v) is 4.65. The van der Waals surface area contributed by atoms with Crippen LogP contribution in [-0.4, -0.2) is 57.1 Å². The number of imidazole rings is 1. The molecule has 2 aliphatic rings. The molecule has 2 N–H and O–H groups in total. The number of carbonyl (C=O) groups is 2. The molecule has 9 nitrogen and oxygen atoms in total. The highest BCUT2D eigenvalue weighted by Gasteiger charge is 2.48. The number of aryl methyl sites for hydroxylation is 1. The quantitative estimate of drug-likeness (QED) is 0.622. The summed E-state index contributed by atoms with van der Waals surface area (Å²) in [7, 11) is 1.51. The van der Waals surface area contributed by atoms with Crippen LogP contribution in [0.5, 0.6) is 0 Å². The van der Waals surface area contributed by atoms with Crippen LogP contribution in [-0.2, 0) is 17.3 Å². The normalized spacial score (nSPS) is 17.3. The fourth-order valence-electron chi connectivity index (χ4n) is 4.65. The lowest BCUT2D eigenvalue weighted by atomic mass is 9.73. The number of piperidine rings is 1. The lowest BCUT2D eigenvalue weighted by Gasteiger charge is -2.38. The molecule has 2 amide bonds. The van der Waals surface area contributed by atoms with Crippen LogP contribution < -0.4 is 15.5 Å². The van der Waals surface area contributed by atoms with Gasteiger partial charge in [0.1, 0.15) is 12.9 Å². The largest absolute Gasteiger partial charge is 0.405 e. The van der Waals surface area contributed by atoms with E-state index in [0.717, 1.165) is 11.3 Å². The van der Waals surface area contributed by atoms with E-state index in [1.165, 1.54) is 17.9 Å². The van der Waals surface area contributed by atoms with Gasteiger partial charge in [-0.25, -0.2) is 15.0 Å². The average molecular weight is 459 g/mol. The van der Waals surface area contributed by atoms with Crippen molar-refractivity contribution < 1.29 is 22.8 Å². The molecule has 1 aromatic carbocycles. The Kier molecular flexibility index (Phi) is 4.76. The van der Waals surface area contributed by atoms with Crippen LogP contribution in [0.25, 0.3) is 11.2 Å². The maximum atomic E-state index is 12.8. The first-order valence-electron chi connectivity index (χ1n) is 10.4. The molecular weight excluding hydrogens is 439 g/mol. The highest BCUT2D eigenvalue weighted by atomic mass is 19.4. The van der Waals surface area contributed by atoms with Crippen LogP contribution >= 0.6 is 0 Å². The van der Waals surface area contributed by atoms with E-state index in [2.05, 4.69) is 20.3 Å². The molecule has 0 atom stereocenters. The minimum atomic E-state index is -4.53. The lowest BCUT2D eigenvalue weighted by molar-refractivity contribution is -0.123. The highest BCUT2D eigenvalue weighted by molar-refractivity contribution is 6.06. The second-order valence-electron chi connectivity index (χ2n) is 8.23. The number of alkyl halides is 3. The minimum Gasteiger partial charge on any atom is -0.355 e. The van der Waals surface area contributed by atoms with Gasteiger partial charge in [-0.3, -0.25) is 9.59 Å². The minimum absolute atomic E-state index is 0.0161. The molecule has 2 aromatic heterocycles. The van der Waals surface area contributed by atoms with Crippen molar-refractivity contribution in [3.63, 3.8) is 0 Å². The number of benzene rings is 1. The topological polar surface area (TPSA) is 105 Å². The maximum Gasteiger partial charge on any atom is 0.405 e. The SMILES string of the molecule is Cn1c(C(=O)NCC(F)(F)F)nc2c(N3CCC4(CC3)C(=O)Nc3ccccc34)ncnc21. The van der Waals surface area contributed by atoms with Crippen molar-refractivity contribution in [3.8, 4) is 0 Å². The van der Waals surface area contributed by atoms with Gasteiger partial charge in [0.2, 0.25) is 11.7 Å². The fraction of sp³-hybridized carbons (Fsp3) is 0.381. The number of rotatable bonds is 3. The van der Waals surface area contributed by atoms with Gasteiger partial charge in [0.25, 0.3) is 5.91 Å². The van der Waals surface area contributed by atoms with Gasteiger partial charge < -0.3 is 20.1 Å². The van der Waals surface area contributed by atoms with E-state index in [0.29, 0.717) is 42.9 Å². The van der Waals surface area contributed by atoms with Gasteiger partial charge >= 0.3 is 6.18 Å². The van der Waals surface area contributed by atoms with Crippen molar-refractivity contribution in [2.45, 2.75) is 24.4 Å². The molecule has 0 unspecified atom stereocenters. The van der Waals surface area contributed by atoms with E-state index < -0.39 is 24.0 Å². The predicted molar refractivity (Wildman–Crippen MR) is 113 cm³/mol. The highest BCUT2D eigenvalue weighted by Crippen LogP contribution is 2.45. The molecule has 0 radical (unpaired) electrons. The Morgan fingerprint density at radius 1 is 1.21 bits per heavy atom. The Morgan fingerprint density at radius 3 is 2.67 bits per heavy atom. The Labute approximate surface area is 186 Å². The van der Waals surface area contributed by atoms with Crippen molar-refractivity contribution in [2.75, 3.05) is 29.9 Å². The van der Waals surface area contributed by atoms with Gasteiger partial charge in [0, 0.05) is 25.8 Å². The predicted octanol–water partition coefficient (Wildman–Crippen LogP) is 2.15. The molecule has 2 aliphatic heterocycles. The summed E-state index contributed by atoms with van der Waals surface area (Å²) in [4.78, 5) is 39.8. The van der Waals surface area contributed by atoms with E-state index in [4.69, 9.17) is 0 Å². The summed E-state index contributed by atoms with van der Waals surface area (Å²) in [6.45, 7) is -0.425. The number of amides is 2. The summed E-state index contributed by atoms with van der Waals surface area (Å²) >= 11 is 0. The number of nitrogens with one attached hydrogen (secondary N) is 2. The molecule has 1 spiro atoms. The first kappa shape index (κ1) is 21.2. The molecule has 3 aromatic rings. The second-order valence-corrected chi connectivity index (χ2v) is 8.23. The van der Waals surface area contributed by atoms with Gasteiger partial charge in [-0.15, -0.1) is 0 Å². The summed E-state index contributed by atoms with van der Waals surface area (Å²) in [6, 6.07) is 7.66. The first-order chi connectivity index (χ1) is 15.7. The molecule has 0 bridgehead atoms. The number of nitrogens with zero attached hydrogens (tertiary/aromatic N) is 5. The van der Waals surface area contributed by atoms with Crippen LogP contribution in [0.2, 0.25) is 0 Å². The lowest BCUT2D eigenvalue weighted by Crippen LogP contribution is -2.46. The van der Waals surface area contributed by atoms with Crippen LogP contribution in [0, 0.1) is 0 Å². The third-order valence-corrected chi connectivity index (χ3v) is 6.33. The van der Waals surface area contributed by atoms with Crippen molar-refractivity contribution >= 4 is 34.5 Å². The molecule has 0 aliphatic carbocycles. The van der Waals surface area contributed by atoms with Crippen LogP contribution in [0.1, 0.15) is 29.0 Å². The van der Waals surface area contributed by atoms with Crippen LogP contribution in [0.3, 0.4) is 0 Å². The summed E-state index contributed by atoms with van der Waals surface area (Å²) in [5.41, 5.74) is 1.88. The zero-order valence-corrected chi connectivity index (χ0v) is 17.6. The van der Waals surface area contributed by atoms with Crippen LogP contribution in [0.4, 0.5) is 24.7 Å². The molecule has 1 saturated heterocycles. The molecule has 172 valence electrons. The summed E-state index contributed by atoms with van der Waals surface area (Å²) < 4.78 is 38.8. The standard InChI is InChI=1S/C21H20F3N7O2/c1-30-15-14(29-17(30)18(32)25-10-21(22,23)24)16(27-11-26-15)31-8-6-20(7-9-31)12-4-2-3-5-13(12)28-19(20)33/h2-5,11H,6-10H2,1H3,(H,25,32)(H,28,33). The van der Waals surface area contributed by atoms with Crippen molar-refractivity contribution in [2.24, 2.45) is 7.05 Å². The molecule has 5 rings (SSSR count). The van der Waals surface area contributed by atoms with Gasteiger partial charge in [0.05, 0.1) is 5.41 Å². The molecule has 0 saturated carbocycles.